The largest absolute Gasteiger partial charge is 0.465 e. The molecule has 0 aromatic rings. The van der Waals surface area contributed by atoms with Gasteiger partial charge in [0.15, 0.2) is 0 Å². The van der Waals surface area contributed by atoms with Crippen molar-refractivity contribution in [2.45, 2.75) is 0 Å². The number of amides is 3. The molecule has 0 saturated carbocycles. The maximum Gasteiger partial charge on any atom is 0.407 e. The lowest BCUT2D eigenvalue weighted by atomic mass is 10.0. The van der Waals surface area contributed by atoms with Crippen LogP contribution in [0.5, 0.6) is 0 Å². The molecular formula is C9H10N2O4. The van der Waals surface area contributed by atoms with Crippen LogP contribution in [0.3, 0.4) is 0 Å². The molecule has 3 amide bonds. The highest BCUT2D eigenvalue weighted by molar-refractivity contribution is 6.12. The minimum Gasteiger partial charge on any atom is -0.465 e. The standard InChI is InChI=1S/C9H10N2O4/c12-7-1-2-8(13)11(7)5-6-3-10(4-6)9(14)15/h1-2,6H,3-5H2,(H,14,15). The molecule has 0 aromatic carbocycles. The van der Waals surface area contributed by atoms with Crippen molar-refractivity contribution in [1.29, 1.82) is 0 Å². The van der Waals surface area contributed by atoms with Gasteiger partial charge in [-0.25, -0.2) is 4.79 Å². The van der Waals surface area contributed by atoms with Gasteiger partial charge in [-0.1, -0.05) is 0 Å². The average molecular weight is 210 g/mol. The molecule has 80 valence electrons. The summed E-state index contributed by atoms with van der Waals surface area (Å²) in [6.07, 6.45) is 1.51. The first-order valence-corrected chi connectivity index (χ1v) is 4.59. The predicted octanol–water partition coefficient (Wildman–Crippen LogP) is -0.479. The Labute approximate surface area is 85.8 Å². The molecule has 1 fully saturated rings. The minimum absolute atomic E-state index is 0.0777. The van der Waals surface area contributed by atoms with Gasteiger partial charge >= 0.3 is 6.09 Å². The van der Waals surface area contributed by atoms with Crippen molar-refractivity contribution in [3.8, 4) is 0 Å². The van der Waals surface area contributed by atoms with E-state index in [-0.39, 0.29) is 17.7 Å². The van der Waals surface area contributed by atoms with Crippen molar-refractivity contribution in [2.24, 2.45) is 5.92 Å². The summed E-state index contributed by atoms with van der Waals surface area (Å²) in [6.45, 7) is 1.10. The fourth-order valence-corrected chi connectivity index (χ4v) is 1.71. The molecule has 6 nitrogen and oxygen atoms in total. The van der Waals surface area contributed by atoms with Crippen LogP contribution < -0.4 is 0 Å². The zero-order chi connectivity index (χ0) is 11.0. The van der Waals surface area contributed by atoms with Crippen LogP contribution in [0.25, 0.3) is 0 Å². The SMILES string of the molecule is O=C(O)N1CC(CN2C(=O)C=CC2=O)C1. The van der Waals surface area contributed by atoms with E-state index >= 15 is 0 Å². The van der Waals surface area contributed by atoms with E-state index in [1.165, 1.54) is 17.1 Å². The third-order valence-electron chi connectivity index (χ3n) is 2.57. The van der Waals surface area contributed by atoms with Gasteiger partial charge < -0.3 is 10.0 Å². The second-order valence-corrected chi connectivity index (χ2v) is 3.67. The summed E-state index contributed by atoms with van der Waals surface area (Å²) in [5.41, 5.74) is 0. The van der Waals surface area contributed by atoms with Crippen molar-refractivity contribution in [3.05, 3.63) is 12.2 Å². The first-order valence-electron chi connectivity index (χ1n) is 4.59. The van der Waals surface area contributed by atoms with Gasteiger partial charge in [0.05, 0.1) is 0 Å². The summed E-state index contributed by atoms with van der Waals surface area (Å²) in [4.78, 5) is 35.2. The number of carboxylic acid groups (broad SMARTS) is 1. The Balaban J connectivity index is 1.83. The molecule has 1 saturated heterocycles. The van der Waals surface area contributed by atoms with Crippen LogP contribution in [0.1, 0.15) is 0 Å². The summed E-state index contributed by atoms with van der Waals surface area (Å²) in [6, 6.07) is 0. The molecule has 0 aromatic heterocycles. The van der Waals surface area contributed by atoms with Crippen LogP contribution in [0.4, 0.5) is 4.79 Å². The highest BCUT2D eigenvalue weighted by atomic mass is 16.4. The Morgan fingerprint density at radius 2 is 1.87 bits per heavy atom. The lowest BCUT2D eigenvalue weighted by molar-refractivity contribution is -0.138. The van der Waals surface area contributed by atoms with Gasteiger partial charge in [0.25, 0.3) is 11.8 Å². The van der Waals surface area contributed by atoms with Gasteiger partial charge in [-0.05, 0) is 0 Å². The molecule has 0 spiro atoms. The number of likely N-dealkylation sites (tertiary alicyclic amines) is 1. The van der Waals surface area contributed by atoms with Gasteiger partial charge in [-0.15, -0.1) is 0 Å². The summed E-state index contributed by atoms with van der Waals surface area (Å²) in [5.74, 6) is -0.545. The zero-order valence-electron chi connectivity index (χ0n) is 7.92. The summed E-state index contributed by atoms with van der Waals surface area (Å²) in [5, 5.41) is 8.58. The summed E-state index contributed by atoms with van der Waals surface area (Å²) < 4.78 is 0. The monoisotopic (exact) mass is 210 g/mol. The van der Waals surface area contributed by atoms with Crippen LogP contribution >= 0.6 is 0 Å². The van der Waals surface area contributed by atoms with Crippen molar-refractivity contribution < 1.29 is 19.5 Å². The molecule has 2 aliphatic heterocycles. The van der Waals surface area contributed by atoms with E-state index in [2.05, 4.69) is 0 Å². The smallest absolute Gasteiger partial charge is 0.407 e. The number of imide groups is 1. The van der Waals surface area contributed by atoms with Crippen molar-refractivity contribution in [2.75, 3.05) is 19.6 Å². The second-order valence-electron chi connectivity index (χ2n) is 3.67. The van der Waals surface area contributed by atoms with Crippen LogP contribution in [0.15, 0.2) is 12.2 Å². The molecule has 0 unspecified atom stereocenters. The molecule has 2 heterocycles. The fourth-order valence-electron chi connectivity index (χ4n) is 1.71. The molecule has 2 rings (SSSR count). The molecule has 0 atom stereocenters. The lowest BCUT2D eigenvalue weighted by Crippen LogP contribution is -2.54. The molecule has 15 heavy (non-hydrogen) atoms. The van der Waals surface area contributed by atoms with Gasteiger partial charge in [0.2, 0.25) is 0 Å². The Bertz CT molecular complexity index is 339. The van der Waals surface area contributed by atoms with Gasteiger partial charge in [-0.2, -0.15) is 0 Å². The maximum absolute atomic E-state index is 11.2. The van der Waals surface area contributed by atoms with Gasteiger partial charge in [0, 0.05) is 37.7 Å². The third kappa shape index (κ3) is 1.70. The molecular weight excluding hydrogens is 200 g/mol. The van der Waals surface area contributed by atoms with E-state index in [0.717, 1.165) is 4.90 Å². The van der Waals surface area contributed by atoms with E-state index in [9.17, 15) is 14.4 Å². The lowest BCUT2D eigenvalue weighted by Gasteiger charge is -2.38. The van der Waals surface area contributed by atoms with Crippen molar-refractivity contribution >= 4 is 17.9 Å². The summed E-state index contributed by atoms with van der Waals surface area (Å²) in [7, 11) is 0. The first-order chi connectivity index (χ1) is 7.08. The highest BCUT2D eigenvalue weighted by Gasteiger charge is 2.35. The molecule has 1 N–H and O–H groups in total. The van der Waals surface area contributed by atoms with E-state index in [0.29, 0.717) is 19.6 Å². The van der Waals surface area contributed by atoms with Crippen LogP contribution in [0, 0.1) is 5.92 Å². The van der Waals surface area contributed by atoms with E-state index in [1.54, 1.807) is 0 Å². The van der Waals surface area contributed by atoms with Gasteiger partial charge in [-0.3, -0.25) is 14.5 Å². The van der Waals surface area contributed by atoms with E-state index in [1.807, 2.05) is 0 Å². The maximum atomic E-state index is 11.2. The Kier molecular flexibility index (Phi) is 2.18. The number of carbonyl (C=O) groups is 3. The van der Waals surface area contributed by atoms with E-state index < -0.39 is 6.09 Å². The Hall–Kier alpha value is -1.85. The Morgan fingerprint density at radius 1 is 1.33 bits per heavy atom. The third-order valence-corrected chi connectivity index (χ3v) is 2.57. The number of hydrogen-bond acceptors (Lipinski definition) is 3. The van der Waals surface area contributed by atoms with Crippen molar-refractivity contribution in [1.82, 2.24) is 9.80 Å². The predicted molar refractivity (Wildman–Crippen MR) is 48.9 cm³/mol. The average Bonchev–Trinajstić information content (AvgIpc) is 2.39. The second kappa shape index (κ2) is 3.38. The molecule has 2 aliphatic rings. The molecule has 0 radical (unpaired) electrons. The number of rotatable bonds is 2. The van der Waals surface area contributed by atoms with Gasteiger partial charge in [0.1, 0.15) is 0 Å². The first kappa shape index (κ1) is 9.70. The molecule has 0 bridgehead atoms. The van der Waals surface area contributed by atoms with Crippen LogP contribution in [0.2, 0.25) is 0 Å². The number of carbonyl (C=O) groups excluding carboxylic acids is 2. The van der Waals surface area contributed by atoms with Crippen LogP contribution in [-0.2, 0) is 9.59 Å². The Morgan fingerprint density at radius 3 is 2.33 bits per heavy atom. The fraction of sp³-hybridized carbons (Fsp3) is 0.444. The zero-order valence-corrected chi connectivity index (χ0v) is 7.92. The topological polar surface area (TPSA) is 77.9 Å². The molecule has 6 heteroatoms. The highest BCUT2D eigenvalue weighted by Crippen LogP contribution is 2.18. The summed E-state index contributed by atoms with van der Waals surface area (Å²) >= 11 is 0. The quantitative estimate of drug-likeness (QED) is 0.624. The minimum atomic E-state index is -0.955. The number of hydrogen-bond donors (Lipinski definition) is 1. The molecule has 0 aliphatic carbocycles. The van der Waals surface area contributed by atoms with Crippen LogP contribution in [-0.4, -0.2) is 52.4 Å². The normalized spacial score (nSPS) is 21.1. The van der Waals surface area contributed by atoms with Crippen molar-refractivity contribution in [3.63, 3.8) is 0 Å². The van der Waals surface area contributed by atoms with E-state index in [4.69, 9.17) is 5.11 Å². The number of nitrogens with zero attached hydrogens (tertiary/aromatic N) is 2.